The van der Waals surface area contributed by atoms with E-state index in [1.165, 1.54) is 0 Å². The number of piperidine rings is 1. The number of hydrogen-bond donors (Lipinski definition) is 1. The van der Waals surface area contributed by atoms with Gasteiger partial charge < -0.3 is 14.7 Å². The Morgan fingerprint density at radius 1 is 1.28 bits per heavy atom. The van der Waals surface area contributed by atoms with Crippen LogP contribution >= 0.6 is 0 Å². The third-order valence-corrected chi connectivity index (χ3v) is 4.59. The summed E-state index contributed by atoms with van der Waals surface area (Å²) in [6, 6.07) is 13.9. The van der Waals surface area contributed by atoms with Crippen molar-refractivity contribution in [1.82, 2.24) is 15.1 Å². The number of nitrogens with zero attached hydrogens (tertiary/aromatic N) is 4. The molecule has 6 nitrogen and oxygen atoms in total. The van der Waals surface area contributed by atoms with E-state index < -0.39 is 6.10 Å². The van der Waals surface area contributed by atoms with Gasteiger partial charge in [0.1, 0.15) is 18.5 Å². The molecule has 0 unspecified atom stereocenters. The summed E-state index contributed by atoms with van der Waals surface area (Å²) in [5, 5.41) is 18.5. The van der Waals surface area contributed by atoms with Crippen LogP contribution in [-0.4, -0.2) is 65.6 Å². The second-order valence-electron chi connectivity index (χ2n) is 6.54. The number of rotatable bonds is 7. The van der Waals surface area contributed by atoms with Crippen LogP contribution in [0.5, 0.6) is 5.75 Å². The summed E-state index contributed by atoms with van der Waals surface area (Å²) in [6.07, 6.45) is 3.42. The zero-order valence-corrected chi connectivity index (χ0v) is 14.7. The highest BCUT2D eigenvalue weighted by atomic mass is 16.5. The molecule has 25 heavy (non-hydrogen) atoms. The van der Waals surface area contributed by atoms with Crippen molar-refractivity contribution in [2.45, 2.75) is 25.0 Å². The van der Waals surface area contributed by atoms with Gasteiger partial charge in [-0.15, -0.1) is 5.10 Å². The molecule has 0 saturated carbocycles. The minimum Gasteiger partial charge on any atom is -0.491 e. The lowest BCUT2D eigenvalue weighted by Crippen LogP contribution is -2.49. The number of likely N-dealkylation sites (N-methyl/N-ethyl adjacent to an activating group) is 1. The van der Waals surface area contributed by atoms with Gasteiger partial charge in [-0.3, -0.25) is 4.90 Å². The van der Waals surface area contributed by atoms with E-state index in [4.69, 9.17) is 4.74 Å². The van der Waals surface area contributed by atoms with Crippen molar-refractivity contribution in [2.75, 3.05) is 38.2 Å². The molecule has 2 aromatic rings. The fourth-order valence-electron chi connectivity index (χ4n) is 3.23. The van der Waals surface area contributed by atoms with Crippen LogP contribution in [0.1, 0.15) is 12.8 Å². The number of aliphatic hydroxyl groups excluding tert-OH is 1. The maximum atomic E-state index is 10.3. The molecule has 3 rings (SSSR count). The number of ether oxygens (including phenoxy) is 1. The fourth-order valence-corrected chi connectivity index (χ4v) is 3.23. The van der Waals surface area contributed by atoms with Crippen LogP contribution in [-0.2, 0) is 0 Å². The van der Waals surface area contributed by atoms with Gasteiger partial charge in [-0.2, -0.15) is 5.10 Å². The highest BCUT2D eigenvalue weighted by Gasteiger charge is 2.25. The van der Waals surface area contributed by atoms with Crippen molar-refractivity contribution in [3.05, 3.63) is 48.7 Å². The lowest BCUT2D eigenvalue weighted by Gasteiger charge is -2.38. The fraction of sp³-hybridized carbons (Fsp3) is 0.474. The Balaban J connectivity index is 1.47. The van der Waals surface area contributed by atoms with Crippen LogP contribution in [0.4, 0.5) is 5.82 Å². The van der Waals surface area contributed by atoms with Gasteiger partial charge in [0.05, 0.1) is 0 Å². The maximum Gasteiger partial charge on any atom is 0.151 e. The zero-order valence-electron chi connectivity index (χ0n) is 14.7. The van der Waals surface area contributed by atoms with Crippen molar-refractivity contribution < 1.29 is 9.84 Å². The van der Waals surface area contributed by atoms with Crippen molar-refractivity contribution >= 4 is 5.82 Å². The van der Waals surface area contributed by atoms with E-state index >= 15 is 0 Å². The van der Waals surface area contributed by atoms with Gasteiger partial charge in [-0.05, 0) is 44.2 Å². The molecule has 1 fully saturated rings. The van der Waals surface area contributed by atoms with Gasteiger partial charge in [0.25, 0.3) is 0 Å². The van der Waals surface area contributed by atoms with E-state index in [1.807, 2.05) is 42.5 Å². The number of aliphatic hydroxyl groups is 1. The molecule has 2 atom stereocenters. The standard InChI is InChI=1S/C19H26N4O2/c1-22(14-17(24)15-25-18-8-3-2-4-9-18)16-7-6-12-23(13-16)19-10-5-11-20-21-19/h2-5,8-11,16-17,24H,6-7,12-15H2,1H3/t16-,17+/m1/s1. The van der Waals surface area contributed by atoms with Crippen molar-refractivity contribution in [3.8, 4) is 5.75 Å². The summed E-state index contributed by atoms with van der Waals surface area (Å²) < 4.78 is 5.64. The lowest BCUT2D eigenvalue weighted by molar-refractivity contribution is 0.0603. The molecule has 2 heterocycles. The molecule has 0 radical (unpaired) electrons. The summed E-state index contributed by atoms with van der Waals surface area (Å²) in [6.45, 7) is 2.80. The van der Waals surface area contributed by atoms with Crippen LogP contribution in [0.25, 0.3) is 0 Å². The molecule has 0 spiro atoms. The average Bonchev–Trinajstić information content (AvgIpc) is 2.68. The predicted octanol–water partition coefficient (Wildman–Crippen LogP) is 1.82. The summed E-state index contributed by atoms with van der Waals surface area (Å²) in [7, 11) is 2.07. The largest absolute Gasteiger partial charge is 0.491 e. The van der Waals surface area contributed by atoms with Crippen LogP contribution < -0.4 is 9.64 Å². The minimum atomic E-state index is -0.517. The van der Waals surface area contributed by atoms with E-state index in [1.54, 1.807) is 6.20 Å². The van der Waals surface area contributed by atoms with E-state index in [0.29, 0.717) is 19.2 Å². The number of benzene rings is 1. The lowest BCUT2D eigenvalue weighted by atomic mass is 10.0. The second-order valence-corrected chi connectivity index (χ2v) is 6.54. The molecular formula is C19H26N4O2. The molecule has 1 aromatic carbocycles. The summed E-state index contributed by atoms with van der Waals surface area (Å²) >= 11 is 0. The first kappa shape index (κ1) is 17.6. The molecule has 1 aliphatic heterocycles. The van der Waals surface area contributed by atoms with Crippen molar-refractivity contribution in [1.29, 1.82) is 0 Å². The number of aromatic nitrogens is 2. The Hall–Kier alpha value is -2.18. The Labute approximate surface area is 149 Å². The Morgan fingerprint density at radius 3 is 2.88 bits per heavy atom. The second kappa shape index (κ2) is 8.78. The van der Waals surface area contributed by atoms with Crippen LogP contribution in [0.15, 0.2) is 48.7 Å². The molecule has 0 aliphatic carbocycles. The average molecular weight is 342 g/mol. The molecule has 1 N–H and O–H groups in total. The van der Waals surface area contributed by atoms with Gasteiger partial charge in [-0.25, -0.2) is 0 Å². The summed E-state index contributed by atoms with van der Waals surface area (Å²) in [5.41, 5.74) is 0. The van der Waals surface area contributed by atoms with Crippen molar-refractivity contribution in [2.24, 2.45) is 0 Å². The van der Waals surface area contributed by atoms with Gasteiger partial charge in [-0.1, -0.05) is 18.2 Å². The first-order valence-corrected chi connectivity index (χ1v) is 8.81. The summed E-state index contributed by atoms with van der Waals surface area (Å²) in [4.78, 5) is 4.49. The minimum absolute atomic E-state index is 0.301. The normalized spacial score (nSPS) is 19.0. The van der Waals surface area contributed by atoms with E-state index in [-0.39, 0.29) is 0 Å². The Kier molecular flexibility index (Phi) is 6.19. The molecule has 6 heteroatoms. The quantitative estimate of drug-likeness (QED) is 0.828. The highest BCUT2D eigenvalue weighted by molar-refractivity contribution is 5.37. The van der Waals surface area contributed by atoms with Crippen LogP contribution in [0.2, 0.25) is 0 Å². The smallest absolute Gasteiger partial charge is 0.151 e. The zero-order chi connectivity index (χ0) is 17.5. The van der Waals surface area contributed by atoms with Crippen LogP contribution in [0, 0.1) is 0 Å². The Bertz CT molecular complexity index is 626. The maximum absolute atomic E-state index is 10.3. The topological polar surface area (TPSA) is 61.7 Å². The summed E-state index contributed by atoms with van der Waals surface area (Å²) in [5.74, 6) is 1.71. The van der Waals surface area contributed by atoms with Gasteiger partial charge in [0.15, 0.2) is 5.82 Å². The third-order valence-electron chi connectivity index (χ3n) is 4.59. The Morgan fingerprint density at radius 2 is 2.12 bits per heavy atom. The molecule has 1 saturated heterocycles. The molecule has 1 aliphatic rings. The first-order chi connectivity index (χ1) is 12.2. The predicted molar refractivity (Wildman–Crippen MR) is 97.8 cm³/mol. The number of para-hydroxylation sites is 1. The van der Waals surface area contributed by atoms with E-state index in [2.05, 4.69) is 27.0 Å². The molecule has 0 amide bonds. The molecule has 134 valence electrons. The van der Waals surface area contributed by atoms with Crippen molar-refractivity contribution in [3.63, 3.8) is 0 Å². The van der Waals surface area contributed by atoms with E-state index in [0.717, 1.165) is 37.5 Å². The van der Waals surface area contributed by atoms with Gasteiger partial charge in [0.2, 0.25) is 0 Å². The SMILES string of the molecule is CN(C[C@H](O)COc1ccccc1)[C@@H]1CCCN(c2cccnn2)C1. The molecule has 0 bridgehead atoms. The first-order valence-electron chi connectivity index (χ1n) is 8.81. The third kappa shape index (κ3) is 5.14. The molecular weight excluding hydrogens is 316 g/mol. The van der Waals surface area contributed by atoms with E-state index in [9.17, 15) is 5.11 Å². The van der Waals surface area contributed by atoms with Gasteiger partial charge >= 0.3 is 0 Å². The molecule has 1 aromatic heterocycles. The number of hydrogen-bond acceptors (Lipinski definition) is 6. The highest BCUT2D eigenvalue weighted by Crippen LogP contribution is 2.20. The monoisotopic (exact) mass is 342 g/mol. The number of anilines is 1. The van der Waals surface area contributed by atoms with Crippen LogP contribution in [0.3, 0.4) is 0 Å². The van der Waals surface area contributed by atoms with Gasteiger partial charge in [0, 0.05) is 31.9 Å².